The number of anilines is 1. The highest BCUT2D eigenvalue weighted by Crippen LogP contribution is 2.32. The molecule has 8 heteroatoms. The van der Waals surface area contributed by atoms with E-state index in [1.54, 1.807) is 37.5 Å². The summed E-state index contributed by atoms with van der Waals surface area (Å²) in [7, 11) is 1.61. The third kappa shape index (κ3) is 4.30. The third-order valence-electron chi connectivity index (χ3n) is 7.06. The van der Waals surface area contributed by atoms with Gasteiger partial charge in [-0.2, -0.15) is 0 Å². The number of nitrogens with zero attached hydrogens (tertiary/aromatic N) is 3. The monoisotopic (exact) mass is 447 g/mol. The van der Waals surface area contributed by atoms with Gasteiger partial charge in [0.05, 0.1) is 11.9 Å². The van der Waals surface area contributed by atoms with Crippen LogP contribution in [-0.4, -0.2) is 65.2 Å². The first-order valence-electron chi connectivity index (χ1n) is 11.5. The quantitative estimate of drug-likeness (QED) is 0.568. The summed E-state index contributed by atoms with van der Waals surface area (Å²) in [6, 6.07) is 11.2. The fourth-order valence-electron chi connectivity index (χ4n) is 5.20. The number of aromatic hydroxyl groups is 1. The van der Waals surface area contributed by atoms with E-state index in [1.165, 1.54) is 0 Å². The minimum absolute atomic E-state index is 0.0923. The zero-order valence-corrected chi connectivity index (χ0v) is 18.8. The van der Waals surface area contributed by atoms with Crippen LogP contribution in [0, 0.1) is 0 Å². The Balaban J connectivity index is 1.21. The van der Waals surface area contributed by atoms with Gasteiger partial charge in [-0.1, -0.05) is 0 Å². The van der Waals surface area contributed by atoms with Crippen LogP contribution in [0.3, 0.4) is 0 Å². The number of hydrogen-bond acceptors (Lipinski definition) is 6. The summed E-state index contributed by atoms with van der Waals surface area (Å²) in [4.78, 5) is 36.5. The van der Waals surface area contributed by atoms with Crippen molar-refractivity contribution >= 4 is 22.4 Å². The maximum atomic E-state index is 12.5. The van der Waals surface area contributed by atoms with Gasteiger partial charge in [0.25, 0.3) is 11.5 Å². The first kappa shape index (κ1) is 21.5. The molecule has 3 aromatic rings. The molecule has 5 rings (SSSR count). The predicted octanol–water partition coefficient (Wildman–Crippen LogP) is 2.45. The number of pyridine rings is 2. The fourth-order valence-corrected chi connectivity index (χ4v) is 5.20. The van der Waals surface area contributed by atoms with Crippen molar-refractivity contribution in [2.75, 3.05) is 38.1 Å². The van der Waals surface area contributed by atoms with Gasteiger partial charge in [-0.25, -0.2) is 4.98 Å². The number of aromatic amines is 1. The molecular formula is C25H29N5O3. The molecular weight excluding hydrogens is 418 g/mol. The SMILES string of the molecule is CNC(=O)c1ccc(N2CCC(N3CCC(c4cc5cc(O)ccc5c(=O)[nH]4)C3)CC2)cn1. The number of rotatable bonds is 4. The molecule has 2 saturated heterocycles. The van der Waals surface area contributed by atoms with E-state index in [0.717, 1.165) is 62.2 Å². The van der Waals surface area contributed by atoms with Crippen LogP contribution in [0.5, 0.6) is 5.75 Å². The summed E-state index contributed by atoms with van der Waals surface area (Å²) in [5.41, 5.74) is 2.35. The molecule has 2 fully saturated rings. The molecule has 2 aliphatic heterocycles. The maximum absolute atomic E-state index is 12.5. The molecule has 8 nitrogen and oxygen atoms in total. The van der Waals surface area contributed by atoms with Gasteiger partial charge in [0.15, 0.2) is 0 Å². The van der Waals surface area contributed by atoms with E-state index < -0.39 is 0 Å². The molecule has 0 spiro atoms. The first-order chi connectivity index (χ1) is 16.0. The molecule has 4 heterocycles. The second kappa shape index (κ2) is 8.86. The highest BCUT2D eigenvalue weighted by molar-refractivity contribution is 5.92. The van der Waals surface area contributed by atoms with E-state index in [0.29, 0.717) is 23.0 Å². The average molecular weight is 448 g/mol. The van der Waals surface area contributed by atoms with Crippen molar-refractivity contribution in [3.05, 3.63) is 64.3 Å². The van der Waals surface area contributed by atoms with E-state index in [9.17, 15) is 14.7 Å². The van der Waals surface area contributed by atoms with Crippen LogP contribution in [0.1, 0.15) is 41.4 Å². The maximum Gasteiger partial charge on any atom is 0.269 e. The van der Waals surface area contributed by atoms with Gasteiger partial charge < -0.3 is 20.3 Å². The largest absolute Gasteiger partial charge is 0.508 e. The second-order valence-corrected chi connectivity index (χ2v) is 9.00. The lowest BCUT2D eigenvalue weighted by molar-refractivity contribution is 0.0958. The molecule has 1 amide bonds. The number of carbonyl (C=O) groups is 1. The van der Waals surface area contributed by atoms with Gasteiger partial charge in [-0.05, 0) is 67.6 Å². The Hall–Kier alpha value is -3.39. The molecule has 0 radical (unpaired) electrons. The Kier molecular flexibility index (Phi) is 5.76. The Bertz CT molecular complexity index is 1210. The van der Waals surface area contributed by atoms with Gasteiger partial charge in [-0.15, -0.1) is 0 Å². The summed E-state index contributed by atoms with van der Waals surface area (Å²) < 4.78 is 0. The molecule has 2 aliphatic rings. The van der Waals surface area contributed by atoms with E-state index in [2.05, 4.69) is 25.1 Å². The molecule has 1 atom stereocenters. The van der Waals surface area contributed by atoms with Crippen LogP contribution in [0.25, 0.3) is 10.8 Å². The van der Waals surface area contributed by atoms with Crippen LogP contribution in [-0.2, 0) is 0 Å². The van der Waals surface area contributed by atoms with Crippen LogP contribution in [0.4, 0.5) is 5.69 Å². The second-order valence-electron chi connectivity index (χ2n) is 9.00. The molecule has 2 aromatic heterocycles. The number of hydrogen-bond donors (Lipinski definition) is 3. The molecule has 0 aliphatic carbocycles. The smallest absolute Gasteiger partial charge is 0.269 e. The number of amides is 1. The number of nitrogens with one attached hydrogen (secondary N) is 2. The highest BCUT2D eigenvalue weighted by atomic mass is 16.3. The number of carbonyl (C=O) groups excluding carboxylic acids is 1. The molecule has 33 heavy (non-hydrogen) atoms. The standard InChI is InChI=1S/C25H29N5O3/c1-26-25(33)22-5-2-19(14-27-22)29-10-7-18(8-11-29)30-9-6-16(15-30)23-13-17-12-20(31)3-4-21(17)24(32)28-23/h2-5,12-14,16,18,31H,6-11,15H2,1H3,(H,26,33)(H,28,32). The number of H-pyrrole nitrogens is 1. The molecule has 3 N–H and O–H groups in total. The minimum atomic E-state index is -0.173. The third-order valence-corrected chi connectivity index (χ3v) is 7.06. The van der Waals surface area contributed by atoms with Gasteiger partial charge in [0, 0.05) is 49.7 Å². The number of phenols is 1. The lowest BCUT2D eigenvalue weighted by Gasteiger charge is -2.37. The molecule has 172 valence electrons. The summed E-state index contributed by atoms with van der Waals surface area (Å²) >= 11 is 0. The molecule has 1 unspecified atom stereocenters. The van der Waals surface area contributed by atoms with Gasteiger partial charge in [0.2, 0.25) is 0 Å². The van der Waals surface area contributed by atoms with E-state index >= 15 is 0 Å². The van der Waals surface area contributed by atoms with E-state index in [-0.39, 0.29) is 17.2 Å². The zero-order chi connectivity index (χ0) is 22.9. The fraction of sp³-hybridized carbons (Fsp3) is 0.400. The summed E-state index contributed by atoms with van der Waals surface area (Å²) in [5, 5.41) is 13.8. The number of fused-ring (bicyclic) bond motifs is 1. The number of benzene rings is 1. The Morgan fingerprint density at radius 2 is 1.94 bits per heavy atom. The zero-order valence-electron chi connectivity index (χ0n) is 18.8. The lowest BCUT2D eigenvalue weighted by Crippen LogP contribution is -2.44. The van der Waals surface area contributed by atoms with Crippen LogP contribution >= 0.6 is 0 Å². The Morgan fingerprint density at radius 1 is 1.12 bits per heavy atom. The topological polar surface area (TPSA) is 102 Å². The molecule has 1 aromatic carbocycles. The van der Waals surface area contributed by atoms with Gasteiger partial charge in [-0.3, -0.25) is 14.5 Å². The number of phenolic OH excluding ortho intramolecular Hbond substituents is 1. The van der Waals surface area contributed by atoms with Gasteiger partial charge in [0.1, 0.15) is 11.4 Å². The normalized spacial score (nSPS) is 19.8. The van der Waals surface area contributed by atoms with Crippen molar-refractivity contribution in [1.29, 1.82) is 0 Å². The predicted molar refractivity (Wildman–Crippen MR) is 128 cm³/mol. The number of piperidine rings is 1. The van der Waals surface area contributed by atoms with Crippen LogP contribution < -0.4 is 15.8 Å². The van der Waals surface area contributed by atoms with Crippen LogP contribution in [0.2, 0.25) is 0 Å². The number of aromatic nitrogens is 2. The van der Waals surface area contributed by atoms with Crippen molar-refractivity contribution in [2.24, 2.45) is 0 Å². The Morgan fingerprint density at radius 3 is 2.67 bits per heavy atom. The molecule has 0 bridgehead atoms. The molecule has 0 saturated carbocycles. The van der Waals surface area contributed by atoms with Crippen molar-refractivity contribution in [3.8, 4) is 5.75 Å². The van der Waals surface area contributed by atoms with Crippen molar-refractivity contribution in [1.82, 2.24) is 20.2 Å². The summed E-state index contributed by atoms with van der Waals surface area (Å²) in [5.74, 6) is 0.301. The highest BCUT2D eigenvalue weighted by Gasteiger charge is 2.32. The first-order valence-corrected chi connectivity index (χ1v) is 11.5. The summed E-state index contributed by atoms with van der Waals surface area (Å²) in [6.45, 7) is 3.88. The summed E-state index contributed by atoms with van der Waals surface area (Å²) in [6.07, 6.45) is 4.95. The lowest BCUT2D eigenvalue weighted by atomic mass is 10.0. The van der Waals surface area contributed by atoms with Crippen molar-refractivity contribution < 1.29 is 9.90 Å². The number of likely N-dealkylation sites (tertiary alicyclic amines) is 1. The van der Waals surface area contributed by atoms with Crippen molar-refractivity contribution in [3.63, 3.8) is 0 Å². The Labute approximate surface area is 192 Å². The van der Waals surface area contributed by atoms with Crippen LogP contribution in [0.15, 0.2) is 47.4 Å². The average Bonchev–Trinajstić information content (AvgIpc) is 3.34. The van der Waals surface area contributed by atoms with E-state index in [1.807, 2.05) is 12.1 Å². The van der Waals surface area contributed by atoms with Gasteiger partial charge >= 0.3 is 0 Å². The van der Waals surface area contributed by atoms with E-state index in [4.69, 9.17) is 0 Å². The van der Waals surface area contributed by atoms with Crippen molar-refractivity contribution in [2.45, 2.75) is 31.2 Å². The minimum Gasteiger partial charge on any atom is -0.508 e.